The molecule has 4 bridgehead atoms. The van der Waals surface area contributed by atoms with E-state index in [0.29, 0.717) is 5.92 Å². The van der Waals surface area contributed by atoms with Crippen molar-refractivity contribution < 1.29 is 4.79 Å². The van der Waals surface area contributed by atoms with E-state index in [9.17, 15) is 4.79 Å². The molecule has 0 aromatic rings. The average Bonchev–Trinajstić information content (AvgIpc) is 2.46. The van der Waals surface area contributed by atoms with Gasteiger partial charge in [-0.05, 0) is 67.8 Å². The number of carbonyl (C=O) groups is 1. The van der Waals surface area contributed by atoms with E-state index in [0.717, 1.165) is 49.9 Å². The number of nitrogens with one attached hydrogen (secondary N) is 1. The van der Waals surface area contributed by atoms with Crippen molar-refractivity contribution >= 4 is 5.91 Å². The first-order chi connectivity index (χ1) is 9.79. The first kappa shape index (κ1) is 12.9. The molecular weight excluding hydrogens is 248 g/mol. The van der Waals surface area contributed by atoms with Crippen molar-refractivity contribution in [3.05, 3.63) is 12.2 Å². The average molecular weight is 274 g/mol. The lowest BCUT2D eigenvalue weighted by Crippen LogP contribution is -2.46. The maximum Gasteiger partial charge on any atom is 0.246 e. The van der Waals surface area contributed by atoms with Crippen molar-refractivity contribution in [1.82, 2.24) is 10.2 Å². The van der Waals surface area contributed by atoms with Gasteiger partial charge in [0.2, 0.25) is 5.91 Å². The molecule has 5 aliphatic rings. The third kappa shape index (κ3) is 2.30. The van der Waals surface area contributed by atoms with Crippen LogP contribution in [-0.2, 0) is 4.79 Å². The lowest BCUT2D eigenvalue weighted by Gasteiger charge is -2.53. The van der Waals surface area contributed by atoms with E-state index in [4.69, 9.17) is 0 Å². The molecule has 4 aliphatic carbocycles. The molecule has 1 amide bonds. The fourth-order valence-corrected chi connectivity index (χ4v) is 5.47. The number of hydrogen-bond donors (Lipinski definition) is 1. The predicted octanol–water partition coefficient (Wildman–Crippen LogP) is 2.05. The number of nitrogens with zero attached hydrogens (tertiary/aromatic N) is 1. The predicted molar refractivity (Wildman–Crippen MR) is 79.1 cm³/mol. The Labute approximate surface area is 121 Å². The molecule has 4 saturated carbocycles. The maximum atomic E-state index is 12.2. The van der Waals surface area contributed by atoms with Crippen molar-refractivity contribution in [2.75, 3.05) is 26.2 Å². The summed E-state index contributed by atoms with van der Waals surface area (Å²) in [7, 11) is 0. The van der Waals surface area contributed by atoms with Crippen LogP contribution in [0, 0.1) is 29.6 Å². The number of carbonyl (C=O) groups excluding carboxylic acids is 1. The van der Waals surface area contributed by atoms with E-state index in [1.165, 1.54) is 32.1 Å². The summed E-state index contributed by atoms with van der Waals surface area (Å²) in [6, 6.07) is 0. The van der Waals surface area contributed by atoms with Gasteiger partial charge in [-0.25, -0.2) is 0 Å². The molecule has 0 spiro atoms. The molecule has 5 fully saturated rings. The van der Waals surface area contributed by atoms with Gasteiger partial charge in [-0.3, -0.25) is 4.79 Å². The molecule has 20 heavy (non-hydrogen) atoms. The quantitative estimate of drug-likeness (QED) is 0.782. The summed E-state index contributed by atoms with van der Waals surface area (Å²) >= 11 is 0. The van der Waals surface area contributed by atoms with E-state index in [1.54, 1.807) is 0 Å². The largest absolute Gasteiger partial charge is 0.337 e. The van der Waals surface area contributed by atoms with Gasteiger partial charge in [-0.1, -0.05) is 6.08 Å². The minimum atomic E-state index is 0.236. The molecule has 3 heteroatoms. The van der Waals surface area contributed by atoms with Crippen LogP contribution in [0.4, 0.5) is 0 Å². The highest BCUT2D eigenvalue weighted by Crippen LogP contribution is 2.56. The van der Waals surface area contributed by atoms with E-state index < -0.39 is 0 Å². The van der Waals surface area contributed by atoms with Crippen LogP contribution in [0.3, 0.4) is 0 Å². The molecule has 1 aliphatic heterocycles. The molecule has 0 aromatic carbocycles. The standard InChI is InChI=1S/C17H26N2O/c20-17(19-5-3-18-4-6-19)2-1-16-14-8-12-7-13(10-14)11-15(16)9-12/h1-2,12-16,18H,3-11H2/b2-1+. The van der Waals surface area contributed by atoms with Crippen LogP contribution in [0.15, 0.2) is 12.2 Å². The van der Waals surface area contributed by atoms with Gasteiger partial charge in [0, 0.05) is 26.2 Å². The van der Waals surface area contributed by atoms with Gasteiger partial charge in [0.15, 0.2) is 0 Å². The highest BCUT2D eigenvalue weighted by molar-refractivity contribution is 5.87. The summed E-state index contributed by atoms with van der Waals surface area (Å²) in [6.45, 7) is 3.62. The SMILES string of the molecule is O=C(/C=C/C1C2CC3CC(C2)CC1C3)N1CCNCC1. The zero-order valence-electron chi connectivity index (χ0n) is 12.3. The highest BCUT2D eigenvalue weighted by atomic mass is 16.2. The summed E-state index contributed by atoms with van der Waals surface area (Å²) < 4.78 is 0. The zero-order chi connectivity index (χ0) is 13.5. The van der Waals surface area contributed by atoms with Gasteiger partial charge in [-0.15, -0.1) is 0 Å². The van der Waals surface area contributed by atoms with E-state index in [-0.39, 0.29) is 5.91 Å². The summed E-state index contributed by atoms with van der Waals surface area (Å²) in [5.74, 6) is 4.75. The minimum absolute atomic E-state index is 0.236. The minimum Gasteiger partial charge on any atom is -0.337 e. The fourth-order valence-electron chi connectivity index (χ4n) is 5.47. The Balaban J connectivity index is 1.41. The Kier molecular flexibility index (Phi) is 3.33. The molecule has 5 rings (SSSR count). The van der Waals surface area contributed by atoms with Gasteiger partial charge in [-0.2, -0.15) is 0 Å². The Morgan fingerprint density at radius 2 is 1.55 bits per heavy atom. The van der Waals surface area contributed by atoms with Crippen LogP contribution < -0.4 is 5.32 Å². The fraction of sp³-hybridized carbons (Fsp3) is 0.824. The molecule has 0 radical (unpaired) electrons. The molecule has 3 nitrogen and oxygen atoms in total. The van der Waals surface area contributed by atoms with E-state index >= 15 is 0 Å². The molecule has 1 N–H and O–H groups in total. The van der Waals surface area contributed by atoms with Gasteiger partial charge < -0.3 is 10.2 Å². The van der Waals surface area contributed by atoms with Gasteiger partial charge in [0.25, 0.3) is 0 Å². The van der Waals surface area contributed by atoms with Crippen LogP contribution >= 0.6 is 0 Å². The van der Waals surface area contributed by atoms with Crippen molar-refractivity contribution in [3.63, 3.8) is 0 Å². The second-order valence-corrected chi connectivity index (χ2v) is 7.44. The molecular formula is C17H26N2O. The first-order valence-electron chi connectivity index (χ1n) is 8.47. The van der Waals surface area contributed by atoms with E-state index in [1.807, 2.05) is 11.0 Å². The zero-order valence-corrected chi connectivity index (χ0v) is 12.3. The lowest BCUT2D eigenvalue weighted by atomic mass is 9.52. The van der Waals surface area contributed by atoms with Crippen LogP contribution in [0.25, 0.3) is 0 Å². The number of hydrogen-bond acceptors (Lipinski definition) is 2. The second kappa shape index (κ2) is 5.18. The second-order valence-electron chi connectivity index (χ2n) is 7.44. The van der Waals surface area contributed by atoms with Crippen molar-refractivity contribution in [3.8, 4) is 0 Å². The van der Waals surface area contributed by atoms with Crippen molar-refractivity contribution in [1.29, 1.82) is 0 Å². The lowest BCUT2D eigenvalue weighted by molar-refractivity contribution is -0.126. The third-order valence-electron chi connectivity index (χ3n) is 6.19. The van der Waals surface area contributed by atoms with Crippen molar-refractivity contribution in [2.24, 2.45) is 29.6 Å². The van der Waals surface area contributed by atoms with Crippen LogP contribution in [0.5, 0.6) is 0 Å². The maximum absolute atomic E-state index is 12.2. The third-order valence-corrected chi connectivity index (χ3v) is 6.19. The van der Waals surface area contributed by atoms with Crippen LogP contribution in [0.1, 0.15) is 32.1 Å². The number of rotatable bonds is 2. The van der Waals surface area contributed by atoms with Crippen molar-refractivity contribution in [2.45, 2.75) is 32.1 Å². The monoisotopic (exact) mass is 274 g/mol. The van der Waals surface area contributed by atoms with Gasteiger partial charge in [0.05, 0.1) is 0 Å². The molecule has 0 unspecified atom stereocenters. The van der Waals surface area contributed by atoms with Crippen LogP contribution in [-0.4, -0.2) is 37.0 Å². The summed E-state index contributed by atoms with van der Waals surface area (Å²) in [5, 5.41) is 3.30. The molecule has 0 aromatic heterocycles. The Bertz CT molecular complexity index is 383. The first-order valence-corrected chi connectivity index (χ1v) is 8.47. The van der Waals surface area contributed by atoms with E-state index in [2.05, 4.69) is 11.4 Å². The van der Waals surface area contributed by atoms with Gasteiger partial charge in [0.1, 0.15) is 0 Å². The number of piperazine rings is 1. The highest BCUT2D eigenvalue weighted by Gasteiger charge is 2.47. The number of amides is 1. The molecule has 0 atom stereocenters. The Morgan fingerprint density at radius 1 is 0.950 bits per heavy atom. The Hall–Kier alpha value is -0.830. The molecule has 1 saturated heterocycles. The smallest absolute Gasteiger partial charge is 0.246 e. The number of allylic oxidation sites excluding steroid dienone is 1. The summed E-state index contributed by atoms with van der Waals surface area (Å²) in [5.41, 5.74) is 0. The summed E-state index contributed by atoms with van der Waals surface area (Å²) in [6.07, 6.45) is 11.4. The topological polar surface area (TPSA) is 32.3 Å². The Morgan fingerprint density at radius 3 is 2.15 bits per heavy atom. The molecule has 110 valence electrons. The summed E-state index contributed by atoms with van der Waals surface area (Å²) in [4.78, 5) is 14.2. The van der Waals surface area contributed by atoms with Crippen LogP contribution in [0.2, 0.25) is 0 Å². The molecule has 1 heterocycles. The van der Waals surface area contributed by atoms with Gasteiger partial charge >= 0.3 is 0 Å². The normalized spacial score (nSPS) is 43.4.